The Balaban J connectivity index is 1.70. The van der Waals surface area contributed by atoms with Gasteiger partial charge >= 0.3 is 5.97 Å². The summed E-state index contributed by atoms with van der Waals surface area (Å²) in [5.74, 6) is -1.22. The number of anilines is 2. The summed E-state index contributed by atoms with van der Waals surface area (Å²) in [5, 5.41) is 2.80. The first-order valence-electron chi connectivity index (χ1n) is 9.15. The van der Waals surface area contributed by atoms with Crippen LogP contribution in [0.15, 0.2) is 42.5 Å². The molecule has 146 valence electrons. The first kappa shape index (κ1) is 19.6. The van der Waals surface area contributed by atoms with Crippen molar-refractivity contribution in [1.29, 1.82) is 0 Å². The number of para-hydroxylation sites is 2. The van der Waals surface area contributed by atoms with E-state index in [1.807, 2.05) is 32.0 Å². The molecule has 1 N–H and O–H groups in total. The van der Waals surface area contributed by atoms with Gasteiger partial charge in [-0.2, -0.15) is 0 Å². The van der Waals surface area contributed by atoms with Crippen LogP contribution in [0.25, 0.3) is 0 Å². The Morgan fingerprint density at radius 3 is 2.50 bits per heavy atom. The third-order valence-electron chi connectivity index (χ3n) is 5.03. The molecular formula is C22H24N2O4. The topological polar surface area (TPSA) is 75.7 Å². The normalized spacial score (nSPS) is 14.9. The van der Waals surface area contributed by atoms with E-state index >= 15 is 0 Å². The van der Waals surface area contributed by atoms with Gasteiger partial charge in [-0.1, -0.05) is 30.3 Å². The fourth-order valence-corrected chi connectivity index (χ4v) is 3.24. The molecule has 0 saturated heterocycles. The van der Waals surface area contributed by atoms with Gasteiger partial charge in [0.15, 0.2) is 6.61 Å². The fraction of sp³-hybridized carbons (Fsp3) is 0.318. The number of aryl methyl sites for hydroxylation is 2. The molecule has 2 aromatic rings. The third-order valence-corrected chi connectivity index (χ3v) is 5.03. The summed E-state index contributed by atoms with van der Waals surface area (Å²) in [4.78, 5) is 38.9. The van der Waals surface area contributed by atoms with E-state index in [1.165, 1.54) is 4.90 Å². The van der Waals surface area contributed by atoms with Crippen LogP contribution in [-0.2, 0) is 25.5 Å². The van der Waals surface area contributed by atoms with Crippen molar-refractivity contribution >= 4 is 29.2 Å². The summed E-state index contributed by atoms with van der Waals surface area (Å²) in [7, 11) is 0. The van der Waals surface area contributed by atoms with E-state index in [0.29, 0.717) is 11.4 Å². The number of hydrogen-bond donors (Lipinski definition) is 1. The third kappa shape index (κ3) is 3.76. The molecule has 6 nitrogen and oxygen atoms in total. The number of carbonyl (C=O) groups excluding carboxylic acids is 3. The zero-order chi connectivity index (χ0) is 20.5. The molecule has 0 aliphatic carbocycles. The predicted octanol–water partition coefficient (Wildman–Crippen LogP) is 3.15. The molecule has 0 unspecified atom stereocenters. The van der Waals surface area contributed by atoms with E-state index in [4.69, 9.17) is 4.74 Å². The van der Waals surface area contributed by atoms with Crippen LogP contribution in [0.3, 0.4) is 0 Å². The zero-order valence-electron chi connectivity index (χ0n) is 16.5. The number of rotatable bonds is 4. The van der Waals surface area contributed by atoms with Gasteiger partial charge in [0.2, 0.25) is 5.91 Å². The van der Waals surface area contributed by atoms with Crippen molar-refractivity contribution in [2.45, 2.75) is 39.7 Å². The van der Waals surface area contributed by atoms with Crippen molar-refractivity contribution in [3.8, 4) is 0 Å². The first-order valence-corrected chi connectivity index (χ1v) is 9.15. The standard InChI is InChI=1S/C22H24N2O4/c1-14-9-10-16(11-15(14)2)12-20(26)28-13-19(25)24-18-8-6-5-7-17(18)23-21(27)22(24,3)4/h5-11H,12-13H2,1-4H3,(H,23,27). The zero-order valence-corrected chi connectivity index (χ0v) is 16.5. The molecule has 1 heterocycles. The monoisotopic (exact) mass is 380 g/mol. The molecule has 1 aliphatic rings. The van der Waals surface area contributed by atoms with Gasteiger partial charge in [0.1, 0.15) is 5.54 Å². The lowest BCUT2D eigenvalue weighted by Gasteiger charge is -2.41. The second kappa shape index (κ2) is 7.46. The van der Waals surface area contributed by atoms with E-state index in [-0.39, 0.29) is 12.3 Å². The Morgan fingerprint density at radius 1 is 1.07 bits per heavy atom. The van der Waals surface area contributed by atoms with Crippen molar-refractivity contribution in [2.24, 2.45) is 0 Å². The molecule has 0 saturated carbocycles. The Bertz CT molecular complexity index is 949. The van der Waals surface area contributed by atoms with Gasteiger partial charge in [0.25, 0.3) is 5.91 Å². The molecule has 0 radical (unpaired) electrons. The fourth-order valence-electron chi connectivity index (χ4n) is 3.24. The number of carbonyl (C=O) groups is 3. The highest BCUT2D eigenvalue weighted by Crippen LogP contribution is 2.36. The minimum absolute atomic E-state index is 0.0921. The quantitative estimate of drug-likeness (QED) is 0.827. The molecule has 28 heavy (non-hydrogen) atoms. The highest BCUT2D eigenvalue weighted by atomic mass is 16.5. The second-order valence-electron chi connectivity index (χ2n) is 7.52. The maximum absolute atomic E-state index is 12.8. The lowest BCUT2D eigenvalue weighted by Crippen LogP contribution is -2.59. The average Bonchev–Trinajstić information content (AvgIpc) is 2.64. The molecule has 6 heteroatoms. The number of ether oxygens (including phenoxy) is 1. The number of nitrogens with zero attached hydrogens (tertiary/aromatic N) is 1. The van der Waals surface area contributed by atoms with Crippen molar-refractivity contribution in [3.63, 3.8) is 0 Å². The van der Waals surface area contributed by atoms with Crippen LogP contribution in [0.5, 0.6) is 0 Å². The summed E-state index contributed by atoms with van der Waals surface area (Å²) in [6, 6.07) is 12.8. The molecule has 0 fully saturated rings. The summed E-state index contributed by atoms with van der Waals surface area (Å²) < 4.78 is 5.21. The van der Waals surface area contributed by atoms with Crippen molar-refractivity contribution < 1.29 is 19.1 Å². The van der Waals surface area contributed by atoms with E-state index in [9.17, 15) is 14.4 Å². The van der Waals surface area contributed by atoms with Crippen LogP contribution < -0.4 is 10.2 Å². The van der Waals surface area contributed by atoms with Crippen molar-refractivity contribution in [1.82, 2.24) is 0 Å². The average molecular weight is 380 g/mol. The van der Waals surface area contributed by atoms with Crippen LogP contribution in [-0.4, -0.2) is 29.9 Å². The highest BCUT2D eigenvalue weighted by Gasteiger charge is 2.43. The van der Waals surface area contributed by atoms with Gasteiger partial charge in [-0.15, -0.1) is 0 Å². The lowest BCUT2D eigenvalue weighted by molar-refractivity contribution is -0.147. The van der Waals surface area contributed by atoms with Crippen LogP contribution in [0.2, 0.25) is 0 Å². The van der Waals surface area contributed by atoms with E-state index < -0.39 is 24.0 Å². The highest BCUT2D eigenvalue weighted by molar-refractivity contribution is 6.14. The SMILES string of the molecule is Cc1ccc(CC(=O)OCC(=O)N2c3ccccc3NC(=O)C2(C)C)cc1C. The largest absolute Gasteiger partial charge is 0.455 e. The number of benzene rings is 2. The summed E-state index contributed by atoms with van der Waals surface area (Å²) in [5.41, 5.74) is 3.13. The van der Waals surface area contributed by atoms with Crippen LogP contribution in [0.4, 0.5) is 11.4 Å². The molecular weight excluding hydrogens is 356 g/mol. The van der Waals surface area contributed by atoms with Crippen LogP contribution >= 0.6 is 0 Å². The Morgan fingerprint density at radius 2 is 1.79 bits per heavy atom. The molecule has 0 atom stereocenters. The summed E-state index contributed by atoms with van der Waals surface area (Å²) in [6.45, 7) is 6.88. The number of fused-ring (bicyclic) bond motifs is 1. The second-order valence-corrected chi connectivity index (χ2v) is 7.52. The maximum atomic E-state index is 12.8. The van der Waals surface area contributed by atoms with Gasteiger partial charge in [0, 0.05) is 0 Å². The Kier molecular flexibility index (Phi) is 5.23. The minimum Gasteiger partial charge on any atom is -0.455 e. The van der Waals surface area contributed by atoms with Crippen LogP contribution in [0, 0.1) is 13.8 Å². The molecule has 2 amide bonds. The molecule has 0 aromatic heterocycles. The van der Waals surface area contributed by atoms with E-state index in [1.54, 1.807) is 38.1 Å². The Hall–Kier alpha value is -3.15. The van der Waals surface area contributed by atoms with E-state index in [0.717, 1.165) is 16.7 Å². The smallest absolute Gasteiger partial charge is 0.310 e. The molecule has 0 bridgehead atoms. The molecule has 0 spiro atoms. The van der Waals surface area contributed by atoms with Gasteiger partial charge in [-0.3, -0.25) is 19.3 Å². The number of nitrogens with one attached hydrogen (secondary N) is 1. The van der Waals surface area contributed by atoms with Gasteiger partial charge in [-0.25, -0.2) is 0 Å². The number of esters is 1. The van der Waals surface area contributed by atoms with E-state index in [2.05, 4.69) is 5.32 Å². The van der Waals surface area contributed by atoms with Gasteiger partial charge in [-0.05, 0) is 56.5 Å². The molecule has 1 aliphatic heterocycles. The van der Waals surface area contributed by atoms with Crippen molar-refractivity contribution in [3.05, 3.63) is 59.2 Å². The maximum Gasteiger partial charge on any atom is 0.310 e. The summed E-state index contributed by atoms with van der Waals surface area (Å²) >= 11 is 0. The minimum atomic E-state index is -1.09. The van der Waals surface area contributed by atoms with Gasteiger partial charge in [0.05, 0.1) is 17.8 Å². The predicted molar refractivity (Wildman–Crippen MR) is 107 cm³/mol. The molecule has 2 aromatic carbocycles. The summed E-state index contributed by atoms with van der Waals surface area (Å²) in [6.07, 6.45) is 0.0921. The molecule has 3 rings (SSSR count). The van der Waals surface area contributed by atoms with Gasteiger partial charge < -0.3 is 10.1 Å². The Labute approximate surface area is 164 Å². The number of hydrogen-bond acceptors (Lipinski definition) is 4. The van der Waals surface area contributed by atoms with Crippen molar-refractivity contribution in [2.75, 3.05) is 16.8 Å². The lowest BCUT2D eigenvalue weighted by atomic mass is 9.96. The first-order chi connectivity index (χ1) is 13.2. The number of amides is 2. The van der Waals surface area contributed by atoms with Crippen LogP contribution in [0.1, 0.15) is 30.5 Å².